The molecule has 2 nitrogen and oxygen atoms in total. The highest BCUT2D eigenvalue weighted by Gasteiger charge is 2.19. The van der Waals surface area contributed by atoms with Crippen LogP contribution in [0, 0.1) is 5.92 Å². The van der Waals surface area contributed by atoms with E-state index < -0.39 is 0 Å². The van der Waals surface area contributed by atoms with E-state index in [2.05, 4.69) is 34.5 Å². The molecule has 1 aliphatic carbocycles. The Morgan fingerprint density at radius 2 is 1.74 bits per heavy atom. The van der Waals surface area contributed by atoms with E-state index in [-0.39, 0.29) is 0 Å². The van der Waals surface area contributed by atoms with Crippen molar-refractivity contribution in [3.8, 4) is 0 Å². The number of nitrogens with one attached hydrogen (secondary N) is 1. The normalized spacial score (nSPS) is 19.7. The van der Waals surface area contributed by atoms with Crippen LogP contribution in [0.2, 0.25) is 0 Å². The third kappa shape index (κ3) is 3.97. The van der Waals surface area contributed by atoms with Crippen LogP contribution in [0.25, 0.3) is 0 Å². The summed E-state index contributed by atoms with van der Waals surface area (Å²) in [7, 11) is 0. The highest BCUT2D eigenvalue weighted by Crippen LogP contribution is 2.31. The van der Waals surface area contributed by atoms with Gasteiger partial charge in [0.1, 0.15) is 0 Å². The molecular weight excluding hydrogens is 232 g/mol. The first-order chi connectivity index (χ1) is 9.42. The monoisotopic (exact) mass is 258 g/mol. The van der Waals surface area contributed by atoms with Crippen molar-refractivity contribution in [2.75, 3.05) is 24.5 Å². The fraction of sp³-hybridized carbons (Fsp3) is 0.647. The van der Waals surface area contributed by atoms with E-state index in [0.717, 1.165) is 12.5 Å². The summed E-state index contributed by atoms with van der Waals surface area (Å²) in [6.45, 7) is 4.67. The van der Waals surface area contributed by atoms with Gasteiger partial charge >= 0.3 is 0 Å². The van der Waals surface area contributed by atoms with Gasteiger partial charge in [-0.15, -0.1) is 0 Å². The summed E-state index contributed by atoms with van der Waals surface area (Å²) >= 11 is 0. The lowest BCUT2D eigenvalue weighted by atomic mass is 10.1. The van der Waals surface area contributed by atoms with Crippen LogP contribution in [0.4, 0.5) is 5.69 Å². The SMILES string of the molecule is c1cc(N2CCCCC2)ccc1CNCCC1CC1. The Labute approximate surface area is 117 Å². The number of hydrogen-bond acceptors (Lipinski definition) is 2. The number of nitrogens with zero attached hydrogens (tertiary/aromatic N) is 1. The smallest absolute Gasteiger partial charge is 0.0366 e. The van der Waals surface area contributed by atoms with Crippen molar-refractivity contribution in [1.29, 1.82) is 0 Å². The molecule has 0 bridgehead atoms. The fourth-order valence-corrected chi connectivity index (χ4v) is 2.92. The maximum absolute atomic E-state index is 3.56. The summed E-state index contributed by atoms with van der Waals surface area (Å²) in [6, 6.07) is 9.16. The Hall–Kier alpha value is -1.02. The molecule has 1 saturated carbocycles. The molecule has 2 aliphatic rings. The maximum Gasteiger partial charge on any atom is 0.0366 e. The molecule has 0 atom stereocenters. The number of hydrogen-bond donors (Lipinski definition) is 1. The second-order valence-corrected chi connectivity index (χ2v) is 6.12. The zero-order valence-electron chi connectivity index (χ0n) is 11.9. The van der Waals surface area contributed by atoms with Gasteiger partial charge in [0, 0.05) is 25.3 Å². The van der Waals surface area contributed by atoms with Crippen LogP contribution < -0.4 is 10.2 Å². The van der Waals surface area contributed by atoms with Crippen LogP contribution >= 0.6 is 0 Å². The minimum Gasteiger partial charge on any atom is -0.372 e. The van der Waals surface area contributed by atoms with Crippen LogP contribution in [0.5, 0.6) is 0 Å². The summed E-state index contributed by atoms with van der Waals surface area (Å²) in [4.78, 5) is 2.52. The Kier molecular flexibility index (Phi) is 4.39. The number of benzene rings is 1. The molecule has 2 heteroatoms. The maximum atomic E-state index is 3.56. The first kappa shape index (κ1) is 13.0. The predicted octanol–water partition coefficient (Wildman–Crippen LogP) is 3.57. The van der Waals surface area contributed by atoms with Crippen LogP contribution in [0.15, 0.2) is 24.3 Å². The van der Waals surface area contributed by atoms with Gasteiger partial charge in [-0.2, -0.15) is 0 Å². The van der Waals surface area contributed by atoms with Crippen molar-refractivity contribution >= 4 is 5.69 Å². The molecular formula is C17H26N2. The first-order valence-corrected chi connectivity index (χ1v) is 7.96. The summed E-state index contributed by atoms with van der Waals surface area (Å²) in [5, 5.41) is 3.56. The number of piperidine rings is 1. The molecule has 1 aromatic rings. The van der Waals surface area contributed by atoms with E-state index in [9.17, 15) is 0 Å². The lowest BCUT2D eigenvalue weighted by Crippen LogP contribution is -2.29. The molecule has 1 aromatic carbocycles. The van der Waals surface area contributed by atoms with Gasteiger partial charge in [0.15, 0.2) is 0 Å². The van der Waals surface area contributed by atoms with Crippen molar-refractivity contribution < 1.29 is 0 Å². The molecule has 1 saturated heterocycles. The van der Waals surface area contributed by atoms with Crippen molar-refractivity contribution in [2.24, 2.45) is 5.92 Å². The summed E-state index contributed by atoms with van der Waals surface area (Å²) in [6.07, 6.45) is 8.40. The van der Waals surface area contributed by atoms with Crippen molar-refractivity contribution in [3.63, 3.8) is 0 Å². The van der Waals surface area contributed by atoms with Crippen molar-refractivity contribution in [1.82, 2.24) is 5.32 Å². The van der Waals surface area contributed by atoms with Gasteiger partial charge in [0.05, 0.1) is 0 Å². The minimum atomic E-state index is 1.02. The molecule has 0 spiro atoms. The largest absolute Gasteiger partial charge is 0.372 e. The van der Waals surface area contributed by atoms with Crippen LogP contribution in [0.3, 0.4) is 0 Å². The number of rotatable bonds is 6. The summed E-state index contributed by atoms with van der Waals surface area (Å²) in [5.41, 5.74) is 2.82. The number of anilines is 1. The highest BCUT2D eigenvalue weighted by atomic mass is 15.1. The third-order valence-corrected chi connectivity index (χ3v) is 4.41. The molecule has 19 heavy (non-hydrogen) atoms. The second-order valence-electron chi connectivity index (χ2n) is 6.12. The minimum absolute atomic E-state index is 1.02. The van der Waals surface area contributed by atoms with Crippen molar-refractivity contribution in [3.05, 3.63) is 29.8 Å². The van der Waals surface area contributed by atoms with Gasteiger partial charge in [-0.05, 0) is 55.8 Å². The Morgan fingerprint density at radius 3 is 2.42 bits per heavy atom. The van der Waals surface area contributed by atoms with Gasteiger partial charge in [0.25, 0.3) is 0 Å². The zero-order chi connectivity index (χ0) is 12.9. The van der Waals surface area contributed by atoms with Crippen LogP contribution in [-0.2, 0) is 6.54 Å². The molecule has 0 unspecified atom stereocenters. The molecule has 2 fully saturated rings. The highest BCUT2D eigenvalue weighted by molar-refractivity contribution is 5.47. The molecule has 104 valence electrons. The summed E-state index contributed by atoms with van der Waals surface area (Å²) < 4.78 is 0. The van der Waals surface area contributed by atoms with Gasteiger partial charge in [0.2, 0.25) is 0 Å². The predicted molar refractivity (Wildman–Crippen MR) is 81.6 cm³/mol. The Morgan fingerprint density at radius 1 is 1.00 bits per heavy atom. The van der Waals surface area contributed by atoms with E-state index in [4.69, 9.17) is 0 Å². The average molecular weight is 258 g/mol. The Balaban J connectivity index is 1.44. The van der Waals surface area contributed by atoms with Gasteiger partial charge < -0.3 is 10.2 Å². The lowest BCUT2D eigenvalue weighted by molar-refractivity contribution is 0.577. The topological polar surface area (TPSA) is 15.3 Å². The molecule has 3 rings (SSSR count). The molecule has 1 aliphatic heterocycles. The average Bonchev–Trinajstić information content (AvgIpc) is 3.29. The molecule has 0 amide bonds. The van der Waals surface area contributed by atoms with E-state index in [1.54, 1.807) is 0 Å². The lowest BCUT2D eigenvalue weighted by Gasteiger charge is -2.28. The van der Waals surface area contributed by atoms with E-state index >= 15 is 0 Å². The third-order valence-electron chi connectivity index (χ3n) is 4.41. The van der Waals surface area contributed by atoms with E-state index in [0.29, 0.717) is 0 Å². The molecule has 1 N–H and O–H groups in total. The van der Waals surface area contributed by atoms with E-state index in [1.165, 1.54) is 69.4 Å². The summed E-state index contributed by atoms with van der Waals surface area (Å²) in [5.74, 6) is 1.04. The van der Waals surface area contributed by atoms with Gasteiger partial charge in [-0.3, -0.25) is 0 Å². The van der Waals surface area contributed by atoms with Gasteiger partial charge in [-0.25, -0.2) is 0 Å². The molecule has 0 aromatic heterocycles. The Bertz CT molecular complexity index is 375. The van der Waals surface area contributed by atoms with Crippen LogP contribution in [-0.4, -0.2) is 19.6 Å². The molecule has 1 heterocycles. The first-order valence-electron chi connectivity index (χ1n) is 7.96. The fourth-order valence-electron chi connectivity index (χ4n) is 2.92. The molecule has 0 radical (unpaired) electrons. The zero-order valence-corrected chi connectivity index (χ0v) is 11.9. The van der Waals surface area contributed by atoms with Crippen molar-refractivity contribution in [2.45, 2.75) is 45.1 Å². The second kappa shape index (κ2) is 6.42. The quantitative estimate of drug-likeness (QED) is 0.785. The standard InChI is InChI=1S/C17H26N2/c1-2-12-19(13-3-1)17-8-6-16(7-9-17)14-18-11-10-15-4-5-15/h6-9,15,18H,1-5,10-14H2. The van der Waals surface area contributed by atoms with E-state index in [1.807, 2.05) is 0 Å². The van der Waals surface area contributed by atoms with Crippen LogP contribution in [0.1, 0.15) is 44.1 Å². The van der Waals surface area contributed by atoms with Gasteiger partial charge in [-0.1, -0.05) is 25.0 Å².